The Morgan fingerprint density at radius 2 is 1.85 bits per heavy atom. The van der Waals surface area contributed by atoms with Crippen LogP contribution in [0.15, 0.2) is 12.1 Å². The Labute approximate surface area is 131 Å². The lowest BCUT2D eigenvalue weighted by atomic mass is 9.64. The molecule has 0 bridgehead atoms. The summed E-state index contributed by atoms with van der Waals surface area (Å²) in [6.07, 6.45) is 12.3. The molecule has 1 aromatic rings. The van der Waals surface area contributed by atoms with Crippen LogP contribution >= 0.6 is 22.9 Å². The molecule has 1 heterocycles. The van der Waals surface area contributed by atoms with Crippen LogP contribution in [0.1, 0.15) is 62.7 Å². The van der Waals surface area contributed by atoms with Gasteiger partial charge in [-0.2, -0.15) is 0 Å². The smallest absolute Gasteiger partial charge is 0.0931 e. The largest absolute Gasteiger partial charge is 0.389 e. The van der Waals surface area contributed by atoms with E-state index in [2.05, 4.69) is 6.07 Å². The molecule has 1 nitrogen and oxygen atoms in total. The van der Waals surface area contributed by atoms with Crippen molar-refractivity contribution in [1.29, 1.82) is 0 Å². The molecule has 0 amide bonds. The Morgan fingerprint density at radius 3 is 2.55 bits per heavy atom. The zero-order valence-corrected chi connectivity index (χ0v) is 13.7. The first-order valence-electron chi connectivity index (χ1n) is 8.14. The van der Waals surface area contributed by atoms with Gasteiger partial charge in [-0.15, -0.1) is 11.3 Å². The summed E-state index contributed by atoms with van der Waals surface area (Å²) in [6.45, 7) is 0. The van der Waals surface area contributed by atoms with Crippen LogP contribution in [0.4, 0.5) is 0 Å². The van der Waals surface area contributed by atoms with Crippen LogP contribution in [0.5, 0.6) is 0 Å². The molecule has 2 fully saturated rings. The van der Waals surface area contributed by atoms with E-state index in [4.69, 9.17) is 11.6 Å². The van der Waals surface area contributed by atoms with Gasteiger partial charge in [0, 0.05) is 11.3 Å². The molecule has 3 heteroatoms. The summed E-state index contributed by atoms with van der Waals surface area (Å²) in [5.41, 5.74) is -0.478. The van der Waals surface area contributed by atoms with Crippen LogP contribution in [0, 0.1) is 11.8 Å². The molecular weight excluding hydrogens is 288 g/mol. The van der Waals surface area contributed by atoms with Gasteiger partial charge in [0.2, 0.25) is 0 Å². The zero-order chi connectivity index (χ0) is 14.0. The molecule has 0 aromatic carbocycles. The fourth-order valence-corrected chi connectivity index (χ4v) is 5.63. The van der Waals surface area contributed by atoms with Gasteiger partial charge in [-0.05, 0) is 36.8 Å². The molecule has 0 aliphatic heterocycles. The van der Waals surface area contributed by atoms with E-state index < -0.39 is 5.60 Å². The molecular formula is C17H25ClOS. The van der Waals surface area contributed by atoms with E-state index in [1.807, 2.05) is 6.07 Å². The van der Waals surface area contributed by atoms with Crippen molar-refractivity contribution < 1.29 is 5.11 Å². The van der Waals surface area contributed by atoms with Gasteiger partial charge in [0.1, 0.15) is 0 Å². The third kappa shape index (κ3) is 3.23. The highest BCUT2D eigenvalue weighted by Gasteiger charge is 2.43. The maximum Gasteiger partial charge on any atom is 0.0931 e. The van der Waals surface area contributed by atoms with Crippen LogP contribution in [0.3, 0.4) is 0 Å². The number of hydrogen-bond donors (Lipinski definition) is 1. The summed E-state index contributed by atoms with van der Waals surface area (Å²) < 4.78 is 0.841. The Hall–Kier alpha value is -0.0500. The van der Waals surface area contributed by atoms with E-state index in [1.54, 1.807) is 11.3 Å². The minimum absolute atomic E-state index is 0.478. The molecule has 1 N–H and O–H groups in total. The fraction of sp³-hybridized carbons (Fsp3) is 0.765. The second-order valence-corrected chi connectivity index (χ2v) is 8.54. The monoisotopic (exact) mass is 312 g/mol. The first kappa shape index (κ1) is 14.9. The maximum absolute atomic E-state index is 11.3. The number of aliphatic hydroxyl groups is 1. The van der Waals surface area contributed by atoms with Crippen molar-refractivity contribution in [3.05, 3.63) is 21.3 Å². The second-order valence-electron chi connectivity index (χ2n) is 6.74. The maximum atomic E-state index is 11.3. The van der Waals surface area contributed by atoms with E-state index in [9.17, 15) is 5.11 Å². The lowest BCUT2D eigenvalue weighted by molar-refractivity contribution is -0.0761. The van der Waals surface area contributed by atoms with Gasteiger partial charge in [-0.25, -0.2) is 0 Å². The highest BCUT2D eigenvalue weighted by atomic mass is 35.5. The van der Waals surface area contributed by atoms with E-state index in [0.717, 1.165) is 23.1 Å². The zero-order valence-electron chi connectivity index (χ0n) is 12.1. The molecule has 2 aliphatic rings. The van der Waals surface area contributed by atoms with Crippen molar-refractivity contribution in [2.24, 2.45) is 11.8 Å². The average Bonchev–Trinajstić information content (AvgIpc) is 2.85. The molecule has 112 valence electrons. The second kappa shape index (κ2) is 6.37. The molecule has 2 saturated carbocycles. The number of rotatable bonds is 3. The molecule has 2 aliphatic carbocycles. The van der Waals surface area contributed by atoms with Gasteiger partial charge in [0.15, 0.2) is 0 Å². The molecule has 0 spiro atoms. The SMILES string of the molecule is OC1(Cc2ccc(Cl)s2)CCCCC1C1CCCCC1. The van der Waals surface area contributed by atoms with Crippen molar-refractivity contribution in [2.75, 3.05) is 0 Å². The molecule has 1 aromatic heterocycles. The van der Waals surface area contributed by atoms with Gasteiger partial charge in [0.25, 0.3) is 0 Å². The van der Waals surface area contributed by atoms with Gasteiger partial charge in [-0.1, -0.05) is 56.5 Å². The minimum atomic E-state index is -0.478. The third-order valence-electron chi connectivity index (χ3n) is 5.39. The number of halogens is 1. The van der Waals surface area contributed by atoms with Crippen LogP contribution < -0.4 is 0 Å². The number of hydrogen-bond acceptors (Lipinski definition) is 2. The van der Waals surface area contributed by atoms with Crippen molar-refractivity contribution in [2.45, 2.75) is 69.8 Å². The topological polar surface area (TPSA) is 20.2 Å². The van der Waals surface area contributed by atoms with Crippen molar-refractivity contribution >= 4 is 22.9 Å². The molecule has 20 heavy (non-hydrogen) atoms. The molecule has 0 saturated heterocycles. The molecule has 2 unspecified atom stereocenters. The lowest BCUT2D eigenvalue weighted by Crippen LogP contribution is -2.46. The van der Waals surface area contributed by atoms with E-state index >= 15 is 0 Å². The minimum Gasteiger partial charge on any atom is -0.389 e. The van der Waals surface area contributed by atoms with Gasteiger partial charge in [-0.3, -0.25) is 0 Å². The van der Waals surface area contributed by atoms with E-state index in [0.29, 0.717) is 5.92 Å². The van der Waals surface area contributed by atoms with Crippen molar-refractivity contribution in [3.8, 4) is 0 Å². The molecule has 2 atom stereocenters. The van der Waals surface area contributed by atoms with Crippen LogP contribution in [-0.2, 0) is 6.42 Å². The molecule has 0 radical (unpaired) electrons. The van der Waals surface area contributed by atoms with Crippen LogP contribution in [0.2, 0.25) is 4.34 Å². The van der Waals surface area contributed by atoms with Crippen LogP contribution in [0.25, 0.3) is 0 Å². The van der Waals surface area contributed by atoms with Gasteiger partial charge < -0.3 is 5.11 Å². The van der Waals surface area contributed by atoms with Crippen LogP contribution in [-0.4, -0.2) is 10.7 Å². The fourth-order valence-electron chi connectivity index (χ4n) is 4.43. The van der Waals surface area contributed by atoms with E-state index in [1.165, 1.54) is 56.2 Å². The first-order valence-corrected chi connectivity index (χ1v) is 9.33. The standard InChI is InChI=1S/C17H25ClOS/c18-16-10-9-14(20-16)12-17(19)11-5-4-8-15(17)13-6-2-1-3-7-13/h9-10,13,15,19H,1-8,11-12H2. The summed E-state index contributed by atoms with van der Waals surface area (Å²) in [6, 6.07) is 4.06. The average molecular weight is 313 g/mol. The third-order valence-corrected chi connectivity index (χ3v) is 6.62. The van der Waals surface area contributed by atoms with Gasteiger partial charge in [0.05, 0.1) is 9.94 Å². The lowest BCUT2D eigenvalue weighted by Gasteiger charge is -2.45. The first-order chi connectivity index (χ1) is 9.67. The van der Waals surface area contributed by atoms with Gasteiger partial charge >= 0.3 is 0 Å². The predicted octanol–water partition coefficient (Wildman–Crippen LogP) is 5.45. The Bertz CT molecular complexity index is 438. The van der Waals surface area contributed by atoms with Crippen molar-refractivity contribution in [1.82, 2.24) is 0 Å². The Kier molecular flexibility index (Phi) is 4.74. The summed E-state index contributed by atoms with van der Waals surface area (Å²) in [7, 11) is 0. The Morgan fingerprint density at radius 1 is 1.10 bits per heavy atom. The van der Waals surface area contributed by atoms with Crippen molar-refractivity contribution in [3.63, 3.8) is 0 Å². The Balaban J connectivity index is 1.75. The highest BCUT2D eigenvalue weighted by molar-refractivity contribution is 7.16. The summed E-state index contributed by atoms with van der Waals surface area (Å²) in [4.78, 5) is 1.25. The number of thiophene rings is 1. The molecule has 3 rings (SSSR count). The summed E-state index contributed by atoms with van der Waals surface area (Å²) >= 11 is 7.68. The predicted molar refractivity (Wildman–Crippen MR) is 86.5 cm³/mol. The normalized spacial score (nSPS) is 32.4. The highest BCUT2D eigenvalue weighted by Crippen LogP contribution is 2.45. The van der Waals surface area contributed by atoms with E-state index in [-0.39, 0.29) is 0 Å². The summed E-state index contributed by atoms with van der Waals surface area (Å²) in [5.74, 6) is 1.27. The quantitative estimate of drug-likeness (QED) is 0.787. The summed E-state index contributed by atoms with van der Waals surface area (Å²) in [5, 5.41) is 11.3.